The Hall–Kier alpha value is -1.54. The van der Waals surface area contributed by atoms with Gasteiger partial charge in [-0.3, -0.25) is 0 Å². The predicted molar refractivity (Wildman–Crippen MR) is 63.6 cm³/mol. The van der Waals surface area contributed by atoms with Crippen molar-refractivity contribution in [2.24, 2.45) is 0 Å². The third kappa shape index (κ3) is 3.07. The highest BCUT2D eigenvalue weighted by Gasteiger charge is 2.35. The molecular weight excluding hydrogens is 301 g/mol. The fraction of sp³-hybridized carbons (Fsp3) is 0.0909. The van der Waals surface area contributed by atoms with Crippen LogP contribution in [-0.4, -0.2) is 8.42 Å². The van der Waals surface area contributed by atoms with Crippen LogP contribution >= 0.6 is 11.3 Å². The van der Waals surface area contributed by atoms with E-state index in [1.165, 1.54) is 23.6 Å². The van der Waals surface area contributed by atoms with Gasteiger partial charge in [-0.2, -0.15) is 21.6 Å². The Balaban J connectivity index is 2.40. The Kier molecular flexibility index (Phi) is 3.55. The van der Waals surface area contributed by atoms with Gasteiger partial charge in [0.2, 0.25) is 0 Å². The Labute approximate surface area is 111 Å². The molecule has 0 aliphatic carbocycles. The van der Waals surface area contributed by atoms with Gasteiger partial charge < -0.3 is 4.18 Å². The minimum atomic E-state index is -4.68. The molecule has 0 radical (unpaired) electrons. The van der Waals surface area contributed by atoms with Crippen molar-refractivity contribution in [1.82, 2.24) is 0 Å². The van der Waals surface area contributed by atoms with E-state index in [4.69, 9.17) is 0 Å². The molecule has 0 fully saturated rings. The Bertz CT molecular complexity index is 661. The van der Waals surface area contributed by atoms with Crippen LogP contribution in [0.25, 0.3) is 0 Å². The van der Waals surface area contributed by atoms with Crippen LogP contribution in [0.2, 0.25) is 0 Å². The van der Waals surface area contributed by atoms with Gasteiger partial charge in [0.05, 0.1) is 5.56 Å². The Morgan fingerprint density at radius 3 is 2.32 bits per heavy atom. The minimum Gasteiger partial charge on any atom is -0.378 e. The van der Waals surface area contributed by atoms with E-state index in [2.05, 4.69) is 4.18 Å². The van der Waals surface area contributed by atoms with Gasteiger partial charge in [0.1, 0.15) is 0 Å². The zero-order valence-corrected chi connectivity index (χ0v) is 10.8. The highest BCUT2D eigenvalue weighted by Crippen LogP contribution is 2.37. The van der Waals surface area contributed by atoms with Crippen LogP contribution in [0.1, 0.15) is 5.56 Å². The van der Waals surface area contributed by atoms with E-state index in [1.807, 2.05) is 0 Å². The molecular formula is C11H7F3O3S2. The summed E-state index contributed by atoms with van der Waals surface area (Å²) in [7, 11) is -4.23. The largest absolute Gasteiger partial charge is 0.420 e. The zero-order chi connectivity index (χ0) is 14.1. The normalized spacial score (nSPS) is 12.4. The third-order valence-corrected chi connectivity index (χ3v) is 4.72. The number of halogens is 3. The molecule has 0 spiro atoms. The lowest BCUT2D eigenvalue weighted by Gasteiger charge is -2.12. The summed E-state index contributed by atoms with van der Waals surface area (Å²) in [5.74, 6) is -0.733. The number of hydrogen-bond acceptors (Lipinski definition) is 4. The van der Waals surface area contributed by atoms with Crippen LogP contribution in [0.4, 0.5) is 13.2 Å². The maximum atomic E-state index is 12.7. The fourth-order valence-corrected chi connectivity index (χ4v) is 3.24. The van der Waals surface area contributed by atoms with E-state index in [0.29, 0.717) is 0 Å². The molecule has 8 heteroatoms. The standard InChI is InChI=1S/C11H7F3O3S2/c12-11(13,14)8-4-1-2-5-9(8)17-19(15,16)10-6-3-7-18-10/h1-7H. The van der Waals surface area contributed by atoms with Crippen molar-refractivity contribution < 1.29 is 25.8 Å². The Morgan fingerprint density at radius 2 is 1.74 bits per heavy atom. The molecule has 1 heterocycles. The second-order valence-corrected chi connectivity index (χ2v) is 6.18. The van der Waals surface area contributed by atoms with Crippen LogP contribution < -0.4 is 4.18 Å². The maximum absolute atomic E-state index is 12.7. The number of benzene rings is 1. The first-order valence-electron chi connectivity index (χ1n) is 4.95. The molecule has 0 atom stereocenters. The van der Waals surface area contributed by atoms with E-state index in [9.17, 15) is 21.6 Å². The molecule has 0 saturated heterocycles. The topological polar surface area (TPSA) is 43.4 Å². The van der Waals surface area contributed by atoms with Crippen LogP contribution in [-0.2, 0) is 16.3 Å². The third-order valence-electron chi connectivity index (χ3n) is 2.13. The smallest absolute Gasteiger partial charge is 0.378 e. The van der Waals surface area contributed by atoms with Gasteiger partial charge in [-0.1, -0.05) is 18.2 Å². The SMILES string of the molecule is O=S(=O)(Oc1ccccc1C(F)(F)F)c1cccs1. The summed E-state index contributed by atoms with van der Waals surface area (Å²) < 4.78 is 66.0. The molecule has 0 amide bonds. The summed E-state index contributed by atoms with van der Waals surface area (Å²) in [6, 6.07) is 6.89. The van der Waals surface area contributed by atoms with E-state index in [1.54, 1.807) is 0 Å². The molecule has 0 aliphatic rings. The van der Waals surface area contributed by atoms with Crippen molar-refractivity contribution in [3.8, 4) is 5.75 Å². The van der Waals surface area contributed by atoms with Crippen molar-refractivity contribution in [2.75, 3.05) is 0 Å². The fourth-order valence-electron chi connectivity index (χ4n) is 1.34. The predicted octanol–water partition coefficient (Wildman–Crippen LogP) is 3.53. The second-order valence-electron chi connectivity index (χ2n) is 3.46. The summed E-state index contributed by atoms with van der Waals surface area (Å²) in [6.07, 6.45) is -4.68. The van der Waals surface area contributed by atoms with Gasteiger partial charge in [0.15, 0.2) is 9.96 Å². The van der Waals surface area contributed by atoms with E-state index < -0.39 is 27.6 Å². The molecule has 0 aliphatic heterocycles. The molecule has 3 nitrogen and oxygen atoms in total. The Morgan fingerprint density at radius 1 is 1.05 bits per heavy atom. The van der Waals surface area contributed by atoms with Crippen molar-refractivity contribution in [3.63, 3.8) is 0 Å². The number of rotatable bonds is 3. The van der Waals surface area contributed by atoms with Crippen LogP contribution in [0.5, 0.6) is 5.75 Å². The molecule has 0 saturated carbocycles. The molecule has 19 heavy (non-hydrogen) atoms. The summed E-state index contributed by atoms with van der Waals surface area (Å²) in [4.78, 5) is 0. The molecule has 1 aromatic heterocycles. The average Bonchev–Trinajstić information content (AvgIpc) is 2.81. The first-order valence-corrected chi connectivity index (χ1v) is 7.24. The highest BCUT2D eigenvalue weighted by atomic mass is 32.3. The van der Waals surface area contributed by atoms with Crippen molar-refractivity contribution in [2.45, 2.75) is 10.4 Å². The summed E-state index contributed by atoms with van der Waals surface area (Å²) in [5, 5.41) is 1.49. The summed E-state index contributed by atoms with van der Waals surface area (Å²) >= 11 is 0.868. The van der Waals surface area contributed by atoms with Gasteiger partial charge in [-0.05, 0) is 23.6 Å². The highest BCUT2D eigenvalue weighted by molar-refractivity contribution is 7.89. The lowest BCUT2D eigenvalue weighted by molar-refractivity contribution is -0.138. The second kappa shape index (κ2) is 4.86. The van der Waals surface area contributed by atoms with Gasteiger partial charge in [0, 0.05) is 0 Å². The van der Waals surface area contributed by atoms with Gasteiger partial charge in [-0.15, -0.1) is 11.3 Å². The van der Waals surface area contributed by atoms with Crippen molar-refractivity contribution in [3.05, 3.63) is 47.3 Å². The lowest BCUT2D eigenvalue weighted by atomic mass is 10.2. The first kappa shape index (κ1) is 13.9. The summed E-state index contributed by atoms with van der Waals surface area (Å²) in [5.41, 5.74) is -1.13. The molecule has 2 rings (SSSR count). The quantitative estimate of drug-likeness (QED) is 0.815. The van der Waals surface area contributed by atoms with Gasteiger partial charge >= 0.3 is 16.3 Å². The number of para-hydroxylation sites is 1. The number of thiophene rings is 1. The zero-order valence-electron chi connectivity index (χ0n) is 9.22. The molecule has 1 aromatic carbocycles. The van der Waals surface area contributed by atoms with Crippen LogP contribution in [0.3, 0.4) is 0 Å². The molecule has 2 aromatic rings. The summed E-state index contributed by atoms with van der Waals surface area (Å²) in [6.45, 7) is 0. The van der Waals surface area contributed by atoms with Crippen LogP contribution in [0, 0.1) is 0 Å². The van der Waals surface area contributed by atoms with Crippen molar-refractivity contribution >= 4 is 21.5 Å². The average molecular weight is 308 g/mol. The molecule has 102 valence electrons. The number of alkyl halides is 3. The molecule has 0 N–H and O–H groups in total. The lowest BCUT2D eigenvalue weighted by Crippen LogP contribution is -2.13. The first-order chi connectivity index (χ1) is 8.81. The maximum Gasteiger partial charge on any atom is 0.420 e. The van der Waals surface area contributed by atoms with Gasteiger partial charge in [-0.25, -0.2) is 0 Å². The van der Waals surface area contributed by atoms with E-state index in [-0.39, 0.29) is 4.21 Å². The van der Waals surface area contributed by atoms with E-state index >= 15 is 0 Å². The monoisotopic (exact) mass is 308 g/mol. The molecule has 0 unspecified atom stereocenters. The minimum absolute atomic E-state index is 0.149. The number of hydrogen-bond donors (Lipinski definition) is 0. The van der Waals surface area contributed by atoms with Crippen molar-refractivity contribution in [1.29, 1.82) is 0 Å². The van der Waals surface area contributed by atoms with E-state index in [0.717, 1.165) is 29.5 Å². The van der Waals surface area contributed by atoms with Gasteiger partial charge in [0.25, 0.3) is 0 Å². The molecule has 0 bridgehead atoms. The van der Waals surface area contributed by atoms with Crippen LogP contribution in [0.15, 0.2) is 46.0 Å².